The van der Waals surface area contributed by atoms with Crippen LogP contribution in [0.25, 0.3) is 11.1 Å². The van der Waals surface area contributed by atoms with Crippen LogP contribution in [0.3, 0.4) is 0 Å². The zero-order chi connectivity index (χ0) is 21.1. The fourth-order valence-electron chi connectivity index (χ4n) is 2.74. The summed E-state index contributed by atoms with van der Waals surface area (Å²) in [6.07, 6.45) is 3.71. The highest BCUT2D eigenvalue weighted by Crippen LogP contribution is 2.44. The third kappa shape index (κ3) is 7.59. The third-order valence-corrected chi connectivity index (χ3v) is 6.05. The standard InChI is InChI=1S/C22H28NO5P/c1-4-28-22(24)15-14-21(23-17-29(25,26-2)27-3)16-18-10-12-20(13-11-18)19-8-6-5-7-9-19/h5-15,21,23H,4,16-17H2,1-3H3. The van der Waals surface area contributed by atoms with Gasteiger partial charge >= 0.3 is 13.6 Å². The molecular weight excluding hydrogens is 389 g/mol. The van der Waals surface area contributed by atoms with Crippen LogP contribution in [0.1, 0.15) is 12.5 Å². The van der Waals surface area contributed by atoms with Gasteiger partial charge in [-0.1, -0.05) is 60.7 Å². The molecule has 0 fully saturated rings. The topological polar surface area (TPSA) is 73.9 Å². The Hall–Kier alpha value is -2.24. The normalized spacial score (nSPS) is 12.8. The fourth-order valence-corrected chi connectivity index (χ4v) is 3.61. The summed E-state index contributed by atoms with van der Waals surface area (Å²) in [5.74, 6) is -0.416. The van der Waals surface area contributed by atoms with E-state index in [1.807, 2.05) is 30.3 Å². The number of rotatable bonds is 11. The summed E-state index contributed by atoms with van der Waals surface area (Å²) >= 11 is 0. The summed E-state index contributed by atoms with van der Waals surface area (Å²) in [5.41, 5.74) is 3.35. The molecule has 0 aromatic heterocycles. The van der Waals surface area contributed by atoms with Crippen LogP contribution in [0.5, 0.6) is 0 Å². The van der Waals surface area contributed by atoms with E-state index in [9.17, 15) is 9.36 Å². The van der Waals surface area contributed by atoms with Crippen molar-refractivity contribution in [2.45, 2.75) is 19.4 Å². The van der Waals surface area contributed by atoms with Crippen LogP contribution in [-0.2, 0) is 29.6 Å². The monoisotopic (exact) mass is 417 g/mol. The molecule has 1 N–H and O–H groups in total. The zero-order valence-corrected chi connectivity index (χ0v) is 17.9. The Morgan fingerprint density at radius 1 is 1.03 bits per heavy atom. The Morgan fingerprint density at radius 2 is 1.66 bits per heavy atom. The van der Waals surface area contributed by atoms with Crippen LogP contribution in [0.2, 0.25) is 0 Å². The van der Waals surface area contributed by atoms with E-state index in [-0.39, 0.29) is 12.3 Å². The molecule has 0 radical (unpaired) electrons. The van der Waals surface area contributed by atoms with Crippen molar-refractivity contribution in [3.63, 3.8) is 0 Å². The van der Waals surface area contributed by atoms with Gasteiger partial charge in [-0.15, -0.1) is 0 Å². The van der Waals surface area contributed by atoms with Crippen LogP contribution in [0.15, 0.2) is 66.7 Å². The maximum atomic E-state index is 12.3. The first-order valence-corrected chi connectivity index (χ1v) is 11.2. The van der Waals surface area contributed by atoms with Crippen LogP contribution in [-0.4, -0.2) is 39.1 Å². The van der Waals surface area contributed by atoms with E-state index in [2.05, 4.69) is 29.6 Å². The Labute approximate surface area is 172 Å². The number of carbonyl (C=O) groups excluding carboxylic acids is 1. The highest BCUT2D eigenvalue weighted by Gasteiger charge is 2.22. The molecule has 0 aliphatic heterocycles. The Morgan fingerprint density at radius 3 is 2.24 bits per heavy atom. The second-order valence-electron chi connectivity index (χ2n) is 6.32. The van der Waals surface area contributed by atoms with Crippen molar-refractivity contribution in [3.8, 4) is 11.1 Å². The number of benzene rings is 2. The van der Waals surface area contributed by atoms with Gasteiger partial charge in [0.25, 0.3) is 0 Å². The smallest absolute Gasteiger partial charge is 0.343 e. The summed E-state index contributed by atoms with van der Waals surface area (Å²) in [5, 5.41) is 3.15. The highest BCUT2D eigenvalue weighted by atomic mass is 31.2. The molecule has 2 aromatic carbocycles. The molecule has 2 aromatic rings. The van der Waals surface area contributed by atoms with Gasteiger partial charge < -0.3 is 13.8 Å². The van der Waals surface area contributed by atoms with Gasteiger partial charge in [0.2, 0.25) is 0 Å². The number of hydrogen-bond donors (Lipinski definition) is 1. The summed E-state index contributed by atoms with van der Waals surface area (Å²) in [6, 6.07) is 18.1. The molecule has 29 heavy (non-hydrogen) atoms. The molecule has 0 aliphatic carbocycles. The molecule has 156 valence electrons. The fraction of sp³-hybridized carbons (Fsp3) is 0.318. The lowest BCUT2D eigenvalue weighted by Crippen LogP contribution is -2.31. The molecule has 0 saturated carbocycles. The van der Waals surface area contributed by atoms with E-state index in [1.165, 1.54) is 20.3 Å². The second-order valence-corrected chi connectivity index (χ2v) is 8.59. The molecule has 0 aliphatic rings. The summed E-state index contributed by atoms with van der Waals surface area (Å²) < 4.78 is 27.2. The molecule has 1 atom stereocenters. The SMILES string of the molecule is CCOC(=O)C=CC(Cc1ccc(-c2ccccc2)cc1)NCP(=O)(OC)OC. The van der Waals surface area contributed by atoms with Gasteiger partial charge in [0, 0.05) is 26.3 Å². The lowest BCUT2D eigenvalue weighted by Gasteiger charge is -2.19. The Kier molecular flexibility index (Phi) is 9.29. The molecule has 0 bridgehead atoms. The minimum atomic E-state index is -3.21. The number of hydrogen-bond acceptors (Lipinski definition) is 6. The maximum Gasteiger partial charge on any atom is 0.343 e. The average Bonchev–Trinajstić information content (AvgIpc) is 2.76. The lowest BCUT2D eigenvalue weighted by atomic mass is 10.0. The van der Waals surface area contributed by atoms with E-state index in [1.54, 1.807) is 13.0 Å². The predicted molar refractivity (Wildman–Crippen MR) is 115 cm³/mol. The maximum absolute atomic E-state index is 12.3. The van der Waals surface area contributed by atoms with Gasteiger partial charge in [0.15, 0.2) is 0 Å². The molecule has 0 heterocycles. The molecule has 0 amide bonds. The number of ether oxygens (including phenoxy) is 1. The molecule has 2 rings (SSSR count). The Bertz CT molecular complexity index is 828. The average molecular weight is 417 g/mol. The van der Waals surface area contributed by atoms with Crippen molar-refractivity contribution >= 4 is 13.6 Å². The molecule has 0 saturated heterocycles. The minimum absolute atomic E-state index is 0.0277. The van der Waals surface area contributed by atoms with E-state index >= 15 is 0 Å². The molecule has 6 nitrogen and oxygen atoms in total. The largest absolute Gasteiger partial charge is 0.463 e. The first-order chi connectivity index (χ1) is 14.0. The Balaban J connectivity index is 2.11. The number of carbonyl (C=O) groups is 1. The summed E-state index contributed by atoms with van der Waals surface area (Å²) in [6.45, 7) is 2.06. The summed E-state index contributed by atoms with van der Waals surface area (Å²) in [7, 11) is -0.519. The predicted octanol–water partition coefficient (Wildman–Crippen LogP) is 4.42. The van der Waals surface area contributed by atoms with E-state index in [0.29, 0.717) is 13.0 Å². The quantitative estimate of drug-likeness (QED) is 0.332. The van der Waals surface area contributed by atoms with E-state index < -0.39 is 13.6 Å². The van der Waals surface area contributed by atoms with Crippen molar-refractivity contribution in [3.05, 3.63) is 72.3 Å². The van der Waals surface area contributed by atoms with Gasteiger partial charge in [-0.05, 0) is 30.0 Å². The van der Waals surface area contributed by atoms with Crippen molar-refractivity contribution in [2.24, 2.45) is 0 Å². The first kappa shape index (κ1) is 23.0. The summed E-state index contributed by atoms with van der Waals surface area (Å²) in [4.78, 5) is 11.7. The van der Waals surface area contributed by atoms with E-state index in [4.69, 9.17) is 13.8 Å². The van der Waals surface area contributed by atoms with Crippen LogP contribution < -0.4 is 5.32 Å². The molecule has 0 spiro atoms. The highest BCUT2D eigenvalue weighted by molar-refractivity contribution is 7.53. The van der Waals surface area contributed by atoms with E-state index in [0.717, 1.165) is 16.7 Å². The van der Waals surface area contributed by atoms with Gasteiger partial charge in [0.1, 0.15) is 0 Å². The van der Waals surface area contributed by atoms with Crippen LogP contribution >= 0.6 is 7.60 Å². The molecule has 7 heteroatoms. The van der Waals surface area contributed by atoms with Crippen molar-refractivity contribution in [1.82, 2.24) is 5.32 Å². The number of nitrogens with one attached hydrogen (secondary N) is 1. The van der Waals surface area contributed by atoms with Crippen LogP contribution in [0.4, 0.5) is 0 Å². The minimum Gasteiger partial charge on any atom is -0.463 e. The number of esters is 1. The van der Waals surface area contributed by atoms with Crippen molar-refractivity contribution < 1.29 is 23.1 Å². The van der Waals surface area contributed by atoms with Gasteiger partial charge in [-0.2, -0.15) is 0 Å². The molecule has 1 unspecified atom stereocenters. The van der Waals surface area contributed by atoms with Gasteiger partial charge in [-0.3, -0.25) is 9.88 Å². The molecular formula is C22H28NO5P. The second kappa shape index (κ2) is 11.7. The first-order valence-electron chi connectivity index (χ1n) is 9.43. The van der Waals surface area contributed by atoms with Gasteiger partial charge in [0.05, 0.1) is 12.9 Å². The zero-order valence-electron chi connectivity index (χ0n) is 17.0. The van der Waals surface area contributed by atoms with Crippen molar-refractivity contribution in [1.29, 1.82) is 0 Å². The lowest BCUT2D eigenvalue weighted by molar-refractivity contribution is -0.137. The van der Waals surface area contributed by atoms with Gasteiger partial charge in [-0.25, -0.2) is 4.79 Å². The third-order valence-electron chi connectivity index (χ3n) is 4.37. The van der Waals surface area contributed by atoms with Crippen molar-refractivity contribution in [2.75, 3.05) is 27.1 Å². The van der Waals surface area contributed by atoms with Crippen LogP contribution in [0, 0.1) is 0 Å².